The van der Waals surface area contributed by atoms with Gasteiger partial charge in [0.2, 0.25) is 0 Å². The Kier molecular flexibility index (Phi) is 4.78. The molecule has 0 aromatic heterocycles. The molecule has 0 aromatic rings. The van der Waals surface area contributed by atoms with E-state index in [4.69, 9.17) is 0 Å². The number of rotatable bonds is 4. The maximum Gasteiger partial charge on any atom is 0.0766 e. The summed E-state index contributed by atoms with van der Waals surface area (Å²) in [5, 5.41) is 10.9. The van der Waals surface area contributed by atoms with E-state index in [1.54, 1.807) is 0 Å². The number of thioether (sulfide) groups is 1. The highest BCUT2D eigenvalue weighted by atomic mass is 32.2. The van der Waals surface area contributed by atoms with Crippen LogP contribution in [0.25, 0.3) is 0 Å². The zero-order valence-electron chi connectivity index (χ0n) is 9.75. The van der Waals surface area contributed by atoms with Crippen molar-refractivity contribution < 1.29 is 5.11 Å². The van der Waals surface area contributed by atoms with Crippen molar-refractivity contribution in [1.29, 1.82) is 0 Å². The van der Waals surface area contributed by atoms with Crippen LogP contribution in [0.15, 0.2) is 0 Å². The molecule has 0 saturated carbocycles. The Balaban J connectivity index is 2.46. The molecule has 0 amide bonds. The highest BCUT2D eigenvalue weighted by Gasteiger charge is 2.37. The minimum Gasteiger partial charge on any atom is -0.389 e. The molecule has 1 rings (SSSR count). The van der Waals surface area contributed by atoms with Gasteiger partial charge in [-0.25, -0.2) is 0 Å². The van der Waals surface area contributed by atoms with Gasteiger partial charge in [0.1, 0.15) is 0 Å². The molecule has 2 heteroatoms. The van der Waals surface area contributed by atoms with Gasteiger partial charge in [0.25, 0.3) is 0 Å². The Hall–Kier alpha value is 0.310. The van der Waals surface area contributed by atoms with Crippen LogP contribution in [0.4, 0.5) is 0 Å². The van der Waals surface area contributed by atoms with E-state index >= 15 is 0 Å². The zero-order valence-corrected chi connectivity index (χ0v) is 10.6. The molecular weight excluding hydrogens is 192 g/mol. The fourth-order valence-electron chi connectivity index (χ4n) is 2.46. The first-order valence-corrected chi connectivity index (χ1v) is 6.97. The molecule has 1 fully saturated rings. The number of aliphatic hydroxyl groups is 1. The summed E-state index contributed by atoms with van der Waals surface area (Å²) in [6.45, 7) is 6.68. The van der Waals surface area contributed by atoms with Crippen LogP contribution in [0.2, 0.25) is 0 Å². The molecule has 1 aliphatic heterocycles. The Morgan fingerprint density at radius 3 is 2.86 bits per heavy atom. The first-order chi connectivity index (χ1) is 6.58. The Bertz CT molecular complexity index is 172. The molecule has 1 N–H and O–H groups in total. The normalized spacial score (nSPS) is 35.6. The van der Waals surface area contributed by atoms with Gasteiger partial charge in [-0.3, -0.25) is 0 Å². The van der Waals surface area contributed by atoms with Crippen molar-refractivity contribution in [3.8, 4) is 0 Å². The predicted molar refractivity (Wildman–Crippen MR) is 64.8 cm³/mol. The molecule has 14 heavy (non-hydrogen) atoms. The quantitative estimate of drug-likeness (QED) is 0.776. The highest BCUT2D eigenvalue weighted by molar-refractivity contribution is 8.00. The van der Waals surface area contributed by atoms with Gasteiger partial charge in [-0.05, 0) is 30.9 Å². The molecule has 1 nitrogen and oxygen atoms in total. The van der Waals surface area contributed by atoms with Crippen LogP contribution in [0, 0.1) is 5.92 Å². The first-order valence-electron chi connectivity index (χ1n) is 5.92. The Morgan fingerprint density at radius 2 is 2.29 bits per heavy atom. The van der Waals surface area contributed by atoms with E-state index in [2.05, 4.69) is 20.8 Å². The van der Waals surface area contributed by atoms with E-state index < -0.39 is 0 Å². The van der Waals surface area contributed by atoms with E-state index in [1.807, 2.05) is 11.8 Å². The lowest BCUT2D eigenvalue weighted by molar-refractivity contribution is 0.00654. The van der Waals surface area contributed by atoms with Gasteiger partial charge < -0.3 is 5.11 Å². The summed E-state index contributed by atoms with van der Waals surface area (Å²) in [7, 11) is 0. The fraction of sp³-hybridized carbons (Fsp3) is 1.00. The van der Waals surface area contributed by atoms with Crippen LogP contribution < -0.4 is 0 Å². The van der Waals surface area contributed by atoms with Gasteiger partial charge in [0.15, 0.2) is 0 Å². The molecule has 3 unspecified atom stereocenters. The predicted octanol–water partition coefficient (Wildman–Crippen LogP) is 3.46. The van der Waals surface area contributed by atoms with Crippen LogP contribution in [-0.4, -0.2) is 21.7 Å². The third kappa shape index (κ3) is 3.16. The molecule has 1 saturated heterocycles. The van der Waals surface area contributed by atoms with Crippen molar-refractivity contribution in [3.63, 3.8) is 0 Å². The van der Waals surface area contributed by atoms with Crippen LogP contribution in [-0.2, 0) is 0 Å². The van der Waals surface area contributed by atoms with Crippen LogP contribution in [0.3, 0.4) is 0 Å². The summed E-state index contributed by atoms with van der Waals surface area (Å²) in [5.74, 6) is 1.90. The summed E-state index contributed by atoms with van der Waals surface area (Å²) in [6.07, 6.45) is 5.67. The van der Waals surface area contributed by atoms with Gasteiger partial charge in [-0.2, -0.15) is 11.8 Å². The van der Waals surface area contributed by atoms with Crippen molar-refractivity contribution in [2.45, 2.75) is 63.7 Å². The third-order valence-corrected chi connectivity index (χ3v) is 4.83. The lowest BCUT2D eigenvalue weighted by Crippen LogP contribution is -2.42. The number of hydrogen-bond donors (Lipinski definition) is 1. The third-order valence-electron chi connectivity index (χ3n) is 3.36. The second-order valence-corrected chi connectivity index (χ2v) is 6.27. The topological polar surface area (TPSA) is 20.2 Å². The van der Waals surface area contributed by atoms with Gasteiger partial charge in [0.05, 0.1) is 5.60 Å². The minimum atomic E-state index is -0.377. The van der Waals surface area contributed by atoms with Crippen molar-refractivity contribution in [1.82, 2.24) is 0 Å². The van der Waals surface area contributed by atoms with Crippen molar-refractivity contribution in [2.24, 2.45) is 5.92 Å². The SMILES string of the molecule is CCCC(C)CC1(O)CCCSC1C. The standard InChI is InChI=1S/C12H24OS/c1-4-6-10(2)9-12(13)7-5-8-14-11(12)3/h10-11,13H,4-9H2,1-3H3. The maximum absolute atomic E-state index is 10.5. The summed E-state index contributed by atoms with van der Waals surface area (Å²) in [5.41, 5.74) is -0.377. The Labute approximate surface area is 92.7 Å². The monoisotopic (exact) mass is 216 g/mol. The zero-order chi connectivity index (χ0) is 10.6. The van der Waals surface area contributed by atoms with Crippen molar-refractivity contribution in [3.05, 3.63) is 0 Å². The first kappa shape index (κ1) is 12.4. The fourth-order valence-corrected chi connectivity index (χ4v) is 3.65. The molecule has 1 aliphatic rings. The lowest BCUT2D eigenvalue weighted by atomic mass is 9.83. The second kappa shape index (κ2) is 5.41. The molecule has 0 spiro atoms. The van der Waals surface area contributed by atoms with Gasteiger partial charge in [0, 0.05) is 5.25 Å². The molecular formula is C12H24OS. The van der Waals surface area contributed by atoms with E-state index in [0.717, 1.165) is 12.8 Å². The van der Waals surface area contributed by atoms with E-state index in [-0.39, 0.29) is 5.60 Å². The molecule has 0 radical (unpaired) electrons. The van der Waals surface area contributed by atoms with Crippen LogP contribution in [0.5, 0.6) is 0 Å². The molecule has 0 aliphatic carbocycles. The van der Waals surface area contributed by atoms with Gasteiger partial charge in [-0.15, -0.1) is 0 Å². The van der Waals surface area contributed by atoms with Crippen molar-refractivity contribution >= 4 is 11.8 Å². The average Bonchev–Trinajstić information content (AvgIpc) is 2.10. The summed E-state index contributed by atoms with van der Waals surface area (Å²) in [4.78, 5) is 0. The van der Waals surface area contributed by atoms with Gasteiger partial charge in [-0.1, -0.05) is 33.6 Å². The molecule has 0 aromatic carbocycles. The second-order valence-electron chi connectivity index (χ2n) is 4.82. The summed E-state index contributed by atoms with van der Waals surface area (Å²) < 4.78 is 0. The smallest absolute Gasteiger partial charge is 0.0766 e. The van der Waals surface area contributed by atoms with E-state index in [0.29, 0.717) is 11.2 Å². The Morgan fingerprint density at radius 1 is 1.57 bits per heavy atom. The van der Waals surface area contributed by atoms with Crippen LogP contribution in [0.1, 0.15) is 52.9 Å². The lowest BCUT2D eigenvalue weighted by Gasteiger charge is -2.39. The molecule has 3 atom stereocenters. The maximum atomic E-state index is 10.5. The van der Waals surface area contributed by atoms with Gasteiger partial charge >= 0.3 is 0 Å². The minimum absolute atomic E-state index is 0.377. The summed E-state index contributed by atoms with van der Waals surface area (Å²) >= 11 is 1.94. The van der Waals surface area contributed by atoms with E-state index in [9.17, 15) is 5.11 Å². The molecule has 1 heterocycles. The van der Waals surface area contributed by atoms with Crippen molar-refractivity contribution in [2.75, 3.05) is 5.75 Å². The van der Waals surface area contributed by atoms with E-state index in [1.165, 1.54) is 25.0 Å². The summed E-state index contributed by atoms with van der Waals surface area (Å²) in [6, 6.07) is 0. The molecule has 84 valence electrons. The van der Waals surface area contributed by atoms with Crippen LogP contribution >= 0.6 is 11.8 Å². The largest absolute Gasteiger partial charge is 0.389 e. The average molecular weight is 216 g/mol. The number of hydrogen-bond acceptors (Lipinski definition) is 2. The molecule has 0 bridgehead atoms. The highest BCUT2D eigenvalue weighted by Crippen LogP contribution is 2.38.